The third-order valence-corrected chi connectivity index (χ3v) is 4.01. The first-order valence-corrected chi connectivity index (χ1v) is 7.84. The number of hydrogen-bond donors (Lipinski definition) is 1. The summed E-state index contributed by atoms with van der Waals surface area (Å²) < 4.78 is 5.20. The number of carbonyl (C=O) groups excluding carboxylic acids is 1. The van der Waals surface area contributed by atoms with Crippen molar-refractivity contribution >= 4 is 17.1 Å². The van der Waals surface area contributed by atoms with Gasteiger partial charge in [-0.3, -0.25) is 4.79 Å². The van der Waals surface area contributed by atoms with E-state index in [1.165, 1.54) is 0 Å². The molecule has 4 nitrogen and oxygen atoms in total. The summed E-state index contributed by atoms with van der Waals surface area (Å²) in [6.45, 7) is 0.253. The minimum atomic E-state index is 0.0405. The van der Waals surface area contributed by atoms with Crippen LogP contribution in [0.2, 0.25) is 0 Å². The highest BCUT2D eigenvalue weighted by atomic mass is 32.1. The van der Waals surface area contributed by atoms with Crippen molar-refractivity contribution in [3.63, 3.8) is 0 Å². The molecule has 5 heteroatoms. The van der Waals surface area contributed by atoms with Crippen LogP contribution in [0.3, 0.4) is 0 Å². The maximum Gasteiger partial charge on any atom is 0.184 e. The number of rotatable bonds is 9. The number of aliphatic hydroxyl groups is 1. The molecule has 0 aliphatic carbocycles. The van der Waals surface area contributed by atoms with Crippen molar-refractivity contribution < 1.29 is 14.4 Å². The molecule has 0 saturated carbocycles. The molecule has 1 N–H and O–H groups in total. The average Bonchev–Trinajstić information content (AvgIpc) is 3.12. The highest BCUT2D eigenvalue weighted by molar-refractivity contribution is 7.13. The highest BCUT2D eigenvalue weighted by Gasteiger charge is 2.13. The van der Waals surface area contributed by atoms with Crippen molar-refractivity contribution in [1.82, 2.24) is 5.16 Å². The number of aliphatic hydroxyl groups excluding tert-OH is 1. The molecule has 0 radical (unpaired) electrons. The Morgan fingerprint density at radius 1 is 1.25 bits per heavy atom. The molecule has 2 rings (SSSR count). The second-order valence-electron chi connectivity index (χ2n) is 4.72. The van der Waals surface area contributed by atoms with Crippen LogP contribution in [-0.2, 0) is 0 Å². The maximum absolute atomic E-state index is 12.0. The number of nitrogens with zero attached hydrogens (tertiary/aromatic N) is 1. The summed E-state index contributed by atoms with van der Waals surface area (Å²) in [4.78, 5) is 12.9. The lowest BCUT2D eigenvalue weighted by Gasteiger charge is -1.98. The van der Waals surface area contributed by atoms with E-state index in [0.29, 0.717) is 17.9 Å². The molecular formula is C15H19NO3S. The Balaban J connectivity index is 1.76. The Morgan fingerprint density at radius 3 is 2.80 bits per heavy atom. The minimum absolute atomic E-state index is 0.0405. The number of unbranched alkanes of at least 4 members (excludes halogenated alkanes) is 4. The fraction of sp³-hybridized carbons (Fsp3) is 0.467. The summed E-state index contributed by atoms with van der Waals surface area (Å²) in [5.74, 6) is 0.699. The third kappa shape index (κ3) is 4.28. The topological polar surface area (TPSA) is 63.3 Å². The van der Waals surface area contributed by atoms with Crippen LogP contribution < -0.4 is 0 Å². The fourth-order valence-corrected chi connectivity index (χ4v) is 2.67. The summed E-state index contributed by atoms with van der Waals surface area (Å²) in [6, 6.07) is 5.61. The Labute approximate surface area is 122 Å². The number of aromatic nitrogens is 1. The molecule has 0 aliphatic heterocycles. The molecule has 0 amide bonds. The molecule has 0 atom stereocenters. The normalized spacial score (nSPS) is 10.8. The molecule has 0 unspecified atom stereocenters. The molecule has 2 aromatic rings. The van der Waals surface area contributed by atoms with Gasteiger partial charge in [0.25, 0.3) is 0 Å². The summed E-state index contributed by atoms with van der Waals surface area (Å²) in [7, 11) is 0. The second kappa shape index (κ2) is 7.97. The maximum atomic E-state index is 12.0. The first kappa shape index (κ1) is 14.9. The van der Waals surface area contributed by atoms with Crippen molar-refractivity contribution in [1.29, 1.82) is 0 Å². The van der Waals surface area contributed by atoms with Gasteiger partial charge >= 0.3 is 0 Å². The lowest BCUT2D eigenvalue weighted by Crippen LogP contribution is -1.98. The predicted molar refractivity (Wildman–Crippen MR) is 78.9 cm³/mol. The van der Waals surface area contributed by atoms with Gasteiger partial charge in [0.2, 0.25) is 0 Å². The highest BCUT2D eigenvalue weighted by Crippen LogP contribution is 2.25. The van der Waals surface area contributed by atoms with Crippen LogP contribution in [0, 0.1) is 0 Å². The summed E-state index contributed by atoms with van der Waals surface area (Å²) in [6.07, 6.45) is 5.33. The smallest absolute Gasteiger partial charge is 0.184 e. The zero-order chi connectivity index (χ0) is 14.2. The van der Waals surface area contributed by atoms with Gasteiger partial charge in [-0.15, -0.1) is 11.3 Å². The van der Waals surface area contributed by atoms with Gasteiger partial charge in [0.05, 0.1) is 4.88 Å². The molecule has 108 valence electrons. The van der Waals surface area contributed by atoms with Gasteiger partial charge in [-0.1, -0.05) is 30.5 Å². The SMILES string of the molecule is O=C(CCCCCCCO)c1cc(-c2cccs2)on1. The number of Topliss-reactive ketones (excluding diaryl/α,β-unsaturated/α-hetero) is 1. The standard InChI is InChI=1S/C15H19NO3S/c17-9-5-3-1-2-4-7-13(18)12-11-14(19-16-12)15-8-6-10-20-15/h6,8,10-11,17H,1-5,7,9H2. The summed E-state index contributed by atoms with van der Waals surface area (Å²) >= 11 is 1.56. The largest absolute Gasteiger partial charge is 0.396 e. The van der Waals surface area contributed by atoms with Crippen LogP contribution in [0.1, 0.15) is 49.0 Å². The van der Waals surface area contributed by atoms with Gasteiger partial charge < -0.3 is 9.63 Å². The van der Waals surface area contributed by atoms with Gasteiger partial charge in [-0.2, -0.15) is 0 Å². The fourth-order valence-electron chi connectivity index (χ4n) is 2.00. The van der Waals surface area contributed by atoms with Crippen LogP contribution in [0.15, 0.2) is 28.1 Å². The second-order valence-corrected chi connectivity index (χ2v) is 5.67. The van der Waals surface area contributed by atoms with Crippen LogP contribution >= 0.6 is 11.3 Å². The van der Waals surface area contributed by atoms with Crippen LogP contribution in [-0.4, -0.2) is 22.7 Å². The molecular weight excluding hydrogens is 274 g/mol. The molecule has 0 aromatic carbocycles. The summed E-state index contributed by atoms with van der Waals surface area (Å²) in [5.41, 5.74) is 0.420. The Bertz CT molecular complexity index is 519. The predicted octanol–water partition coefficient (Wildman–Crippen LogP) is 3.92. The van der Waals surface area contributed by atoms with E-state index in [2.05, 4.69) is 5.16 Å². The lowest BCUT2D eigenvalue weighted by atomic mass is 10.1. The van der Waals surface area contributed by atoms with Crippen LogP contribution in [0.5, 0.6) is 0 Å². The first-order chi connectivity index (χ1) is 9.81. The van der Waals surface area contributed by atoms with E-state index < -0.39 is 0 Å². The van der Waals surface area contributed by atoms with Crippen molar-refractivity contribution in [2.45, 2.75) is 38.5 Å². The van der Waals surface area contributed by atoms with E-state index in [1.807, 2.05) is 17.5 Å². The molecule has 20 heavy (non-hydrogen) atoms. The van der Waals surface area contributed by atoms with Crippen LogP contribution in [0.4, 0.5) is 0 Å². The molecule has 0 fully saturated rings. The number of hydrogen-bond acceptors (Lipinski definition) is 5. The van der Waals surface area contributed by atoms with E-state index >= 15 is 0 Å². The van der Waals surface area contributed by atoms with E-state index in [0.717, 1.165) is 37.0 Å². The van der Waals surface area contributed by atoms with Gasteiger partial charge in [0, 0.05) is 19.1 Å². The lowest BCUT2D eigenvalue weighted by molar-refractivity contribution is 0.0970. The number of carbonyl (C=O) groups is 1. The first-order valence-electron chi connectivity index (χ1n) is 6.96. The van der Waals surface area contributed by atoms with Gasteiger partial charge in [0.1, 0.15) is 5.69 Å². The van der Waals surface area contributed by atoms with E-state index in [1.54, 1.807) is 17.4 Å². The quantitative estimate of drug-likeness (QED) is 0.562. The van der Waals surface area contributed by atoms with Crippen molar-refractivity contribution in [2.75, 3.05) is 6.61 Å². The molecule has 2 aromatic heterocycles. The number of thiophene rings is 1. The van der Waals surface area contributed by atoms with Crippen molar-refractivity contribution in [3.05, 3.63) is 29.3 Å². The van der Waals surface area contributed by atoms with E-state index in [-0.39, 0.29) is 12.4 Å². The van der Waals surface area contributed by atoms with Crippen molar-refractivity contribution in [3.8, 4) is 10.6 Å². The zero-order valence-corrected chi connectivity index (χ0v) is 12.2. The minimum Gasteiger partial charge on any atom is -0.396 e. The van der Waals surface area contributed by atoms with Crippen LogP contribution in [0.25, 0.3) is 10.6 Å². The van der Waals surface area contributed by atoms with E-state index in [4.69, 9.17) is 9.63 Å². The van der Waals surface area contributed by atoms with Gasteiger partial charge in [-0.25, -0.2) is 0 Å². The Kier molecular flexibility index (Phi) is 5.95. The monoisotopic (exact) mass is 293 g/mol. The molecule has 2 heterocycles. The average molecular weight is 293 g/mol. The zero-order valence-electron chi connectivity index (χ0n) is 11.4. The number of ketones is 1. The van der Waals surface area contributed by atoms with Gasteiger partial charge in [0.15, 0.2) is 11.5 Å². The Hall–Kier alpha value is -1.46. The van der Waals surface area contributed by atoms with E-state index in [9.17, 15) is 4.79 Å². The van der Waals surface area contributed by atoms with Gasteiger partial charge in [-0.05, 0) is 24.3 Å². The molecule has 0 spiro atoms. The Morgan fingerprint density at radius 2 is 2.05 bits per heavy atom. The molecule has 0 saturated heterocycles. The molecule has 0 bridgehead atoms. The van der Waals surface area contributed by atoms with Crippen molar-refractivity contribution in [2.24, 2.45) is 0 Å². The molecule has 0 aliphatic rings. The summed E-state index contributed by atoms with van der Waals surface area (Å²) in [5, 5.41) is 14.5. The third-order valence-electron chi connectivity index (χ3n) is 3.12.